The number of anilines is 7. The van der Waals surface area contributed by atoms with E-state index in [0.717, 1.165) is 210 Å². The number of esters is 2. The fraction of sp³-hybridized carbons (Fsp3) is 0.292. The van der Waals surface area contributed by atoms with Gasteiger partial charge in [-0.3, -0.25) is 19.0 Å². The summed E-state index contributed by atoms with van der Waals surface area (Å²) in [6.07, 6.45) is 0.261. The zero-order chi connectivity index (χ0) is 97.6. The van der Waals surface area contributed by atoms with Crippen molar-refractivity contribution in [3.8, 4) is 6.07 Å². The minimum absolute atomic E-state index is 0. The first-order valence-corrected chi connectivity index (χ1v) is 51.4. The predicted molar refractivity (Wildman–Crippen MR) is 518 cm³/mol. The first-order chi connectivity index (χ1) is 62.2. The van der Waals surface area contributed by atoms with Crippen LogP contribution in [0.3, 0.4) is 0 Å². The van der Waals surface area contributed by atoms with Crippen LogP contribution < -0.4 is 65.2 Å². The molecule has 0 spiro atoms. The van der Waals surface area contributed by atoms with Crippen molar-refractivity contribution in [2.24, 2.45) is 0 Å². The Morgan fingerprint density at radius 1 is 0.451 bits per heavy atom. The van der Waals surface area contributed by atoms with Crippen molar-refractivity contribution in [1.82, 2.24) is 0 Å². The molecule has 26 nitrogen and oxygen atoms in total. The number of aryl methyl sites for hydroxylation is 6. The number of morpholine rings is 3. The van der Waals surface area contributed by atoms with Crippen LogP contribution in [0.2, 0.25) is 20.1 Å². The molecule has 6 N–H and O–H groups in total. The van der Waals surface area contributed by atoms with Gasteiger partial charge in [-0.05, 0) is 236 Å². The molecule has 0 aliphatic carbocycles. The van der Waals surface area contributed by atoms with Crippen LogP contribution in [0.15, 0.2) is 156 Å². The molecule has 3 fully saturated rings. The van der Waals surface area contributed by atoms with Gasteiger partial charge in [0.25, 0.3) is 29.1 Å². The maximum Gasteiger partial charge on any atom is 1.00 e. The number of nitrogens with two attached hydrogens (primary N) is 2. The number of nitrogen functional groups attached to an aromatic ring is 2. The minimum atomic E-state index is -4.24. The second kappa shape index (κ2) is 50.4. The number of ether oxygens (including phenoxy) is 5. The molecule has 7 aromatic carbocycles. The molecule has 3 aliphatic rings. The number of hydrogen-bond acceptors (Lipinski definition) is 27. The Hall–Kier alpha value is -8.64. The van der Waals surface area contributed by atoms with Crippen molar-refractivity contribution < 1.29 is 124 Å². The van der Waals surface area contributed by atoms with Crippen molar-refractivity contribution in [1.29, 1.82) is 5.26 Å². The van der Waals surface area contributed by atoms with E-state index in [2.05, 4.69) is 91.2 Å². The fourth-order valence-corrected chi connectivity index (χ4v) is 23.7. The Labute approximate surface area is 833 Å². The number of carbonyl (C=O) groups is 4. The molecule has 708 valence electrons. The molecule has 0 unspecified atom stereocenters. The molecular weight excluding hydrogens is 2000 g/mol. The average molecular weight is 2090 g/mol. The number of sulfonamides is 3. The monoisotopic (exact) mass is 2090 g/mol. The molecule has 0 saturated carbocycles. The van der Waals surface area contributed by atoms with Crippen molar-refractivity contribution in [3.05, 3.63) is 266 Å². The Morgan fingerprint density at radius 2 is 0.767 bits per heavy atom. The summed E-state index contributed by atoms with van der Waals surface area (Å²) in [4.78, 5) is 56.0. The Balaban J connectivity index is 0.000000228. The number of ketones is 2. The zero-order valence-corrected chi connectivity index (χ0v) is 86.5. The molecule has 0 bridgehead atoms. The normalized spacial score (nSPS) is 13.1. The molecule has 3 saturated heterocycles. The molecular formula is C89H93Cl5F4N9NaO17S8. The molecule has 4 aromatic heterocycles. The number of nitrogens with one attached hydrogen (secondary N) is 2. The van der Waals surface area contributed by atoms with Gasteiger partial charge in [-0.15, -0.1) is 51.0 Å². The minimum Gasteiger partial charge on any atom is -0.571 e. The van der Waals surface area contributed by atoms with Gasteiger partial charge in [0, 0.05) is 92.5 Å². The Kier molecular flexibility index (Phi) is 42.2. The Bertz CT molecular complexity index is 6360. The summed E-state index contributed by atoms with van der Waals surface area (Å²) in [5.74, 6) is -3.98. The number of methoxy groups -OCH3 is 2. The summed E-state index contributed by atoms with van der Waals surface area (Å²) >= 11 is 27.7. The zero-order valence-electron chi connectivity index (χ0n) is 74.2. The van der Waals surface area contributed by atoms with Gasteiger partial charge < -0.3 is 54.6 Å². The van der Waals surface area contributed by atoms with E-state index in [1.807, 2.05) is 27.7 Å². The van der Waals surface area contributed by atoms with Crippen molar-refractivity contribution in [2.45, 2.75) is 102 Å². The number of carbonyl (C=O) groups excluding carboxylic acids is 4. The molecule has 0 radical (unpaired) electrons. The molecule has 14 rings (SSSR count). The number of rotatable bonds is 21. The summed E-state index contributed by atoms with van der Waals surface area (Å²) in [5.41, 5.74) is 28.7. The first-order valence-electron chi connectivity index (χ1n) is 39.6. The van der Waals surface area contributed by atoms with Crippen LogP contribution in [0.5, 0.6) is 0 Å². The van der Waals surface area contributed by atoms with E-state index in [1.165, 1.54) is 83.7 Å². The van der Waals surface area contributed by atoms with Crippen LogP contribution in [-0.2, 0) is 75.6 Å². The third kappa shape index (κ3) is 29.9. The van der Waals surface area contributed by atoms with E-state index in [-0.39, 0.29) is 126 Å². The molecule has 133 heavy (non-hydrogen) atoms. The van der Waals surface area contributed by atoms with E-state index in [0.29, 0.717) is 41.9 Å². The van der Waals surface area contributed by atoms with Gasteiger partial charge in [-0.25, -0.2) is 60.8 Å². The molecule has 3 aliphatic heterocycles. The van der Waals surface area contributed by atoms with Gasteiger partial charge in [0.15, 0.2) is 11.6 Å². The molecule has 44 heteroatoms. The number of benzene rings is 7. The summed E-state index contributed by atoms with van der Waals surface area (Å²) in [6, 6.07) is 26.1. The van der Waals surface area contributed by atoms with E-state index in [9.17, 15) is 70.4 Å². The number of hydrogen-bond donors (Lipinski definition) is 4. The van der Waals surface area contributed by atoms with Crippen LogP contribution in [-0.4, -0.2) is 150 Å². The van der Waals surface area contributed by atoms with Crippen LogP contribution in [0.1, 0.15) is 107 Å². The molecule has 11 aromatic rings. The van der Waals surface area contributed by atoms with E-state index in [4.69, 9.17) is 88.0 Å². The topological polar surface area (TPSA) is 375 Å². The number of nitriles is 1. The number of thiophene rings is 4. The standard InChI is InChI=1S/2C25H26ClFN2O4S2.C13H20N2O.C12H9ClFNO4S2.C6H3Cl2FO2S.C6H7NO2S.C2H3N.Na/c2*1-15-12-16(2)24(29-7-9-33-10-8-29)17(3)19(15)14-22(30)25-21(6-11-34-25)28-35(31,32)23-5-4-18(27)13-20(23)26;1-9-8-10(2)13(11(3)12(9)14)15-4-6-16-7-5-15;1-19-12(16)11-9(4-5-20-11)15-21(17,18)10-3-2-7(14)6-8(10)13;7-5-3-4(9)1-2-6(5)12(8,10)11;1-9-6(8)5-4(7)2-3-10-5;1-2-3;/h4-6,11-13H,7-10,14H2,1-3H3,(H,28,30);4-6,11-13,28H,7-10,14H2,1-3H3;8H,4-7,14H2,1-3H3;2-6,15H,1H3;1-3H;2-3H,7H2,1H3;1H3;/q;;;;;;;+1/p-1. The van der Waals surface area contributed by atoms with Gasteiger partial charge in [-0.1, -0.05) is 70.7 Å². The number of Topliss-reactive ketones (excluding diaryl/α,β-unsaturated/α-hetero) is 2. The van der Waals surface area contributed by atoms with E-state index < -0.39 is 68.4 Å². The largest absolute Gasteiger partial charge is 1.00 e. The van der Waals surface area contributed by atoms with Crippen molar-refractivity contribution in [2.75, 3.05) is 129 Å². The predicted octanol–water partition coefficient (Wildman–Crippen LogP) is 17.9. The third-order valence-corrected chi connectivity index (χ3v) is 31.1. The van der Waals surface area contributed by atoms with Crippen molar-refractivity contribution >= 4 is 211 Å². The Morgan fingerprint density at radius 3 is 1.14 bits per heavy atom. The smallest absolute Gasteiger partial charge is 0.571 e. The summed E-state index contributed by atoms with van der Waals surface area (Å²) < 4.78 is 183. The van der Waals surface area contributed by atoms with E-state index in [1.54, 1.807) is 34.3 Å². The van der Waals surface area contributed by atoms with Crippen LogP contribution >= 0.6 is 102 Å². The van der Waals surface area contributed by atoms with Gasteiger partial charge in [-0.2, -0.15) is 5.26 Å². The SMILES string of the molecule is CC#N.COC(=O)c1sccc1N.COC(=O)c1sccc1NS(=O)(=O)c1ccc(F)cc1Cl.Cc1cc(C)c(N2CCOCC2)c(C)c1CC(=O)c1sccc1NS(=O)(=O)c1ccc(F)cc1Cl.Cc1cc(C)c(N2CCOCC2)c(C)c1CC(=O)c1sccc1[N-]S(=O)(=O)c1ccc(F)cc1Cl.Cc1cc(C)c(N2CCOCC2)c(C)c1N.O=S(=O)(Cl)c1ccc(F)cc1Cl.[Na+]. The van der Waals surface area contributed by atoms with E-state index >= 15 is 0 Å². The second-order valence-electron chi connectivity index (χ2n) is 29.2. The number of nitrogens with zero attached hydrogens (tertiary/aromatic N) is 5. The van der Waals surface area contributed by atoms with Crippen molar-refractivity contribution in [3.63, 3.8) is 0 Å². The summed E-state index contributed by atoms with van der Waals surface area (Å²) in [6.45, 7) is 29.3. The second-order valence-corrected chi connectivity index (χ2v) is 41.9. The van der Waals surface area contributed by atoms with Gasteiger partial charge >= 0.3 is 41.5 Å². The summed E-state index contributed by atoms with van der Waals surface area (Å²) in [5, 5.41) is 12.9. The molecule has 0 atom stereocenters. The summed E-state index contributed by atoms with van der Waals surface area (Å²) in [7, 11) is -8.77. The third-order valence-electron chi connectivity index (χ3n) is 20.1. The van der Waals surface area contributed by atoms with Crippen LogP contribution in [0.25, 0.3) is 4.72 Å². The molecule has 7 heterocycles. The quantitative estimate of drug-likeness (QED) is 0.0130. The fourth-order valence-electron chi connectivity index (χ4n) is 14.2. The first kappa shape index (κ1) is 111. The van der Waals surface area contributed by atoms with Crippen LogP contribution in [0.4, 0.5) is 63.1 Å². The van der Waals surface area contributed by atoms with Gasteiger partial charge in [0.05, 0.1) is 112 Å². The van der Waals surface area contributed by atoms with Crippen LogP contribution in [0, 0.1) is 96.9 Å². The maximum atomic E-state index is 13.4. The molecule has 0 amide bonds. The van der Waals surface area contributed by atoms with Gasteiger partial charge in [0.1, 0.15) is 57.7 Å². The average Bonchev–Trinajstić information content (AvgIpc) is 1.38. The number of halogens is 9. The maximum absolute atomic E-state index is 13.4. The van der Waals surface area contributed by atoms with Gasteiger partial charge in [0.2, 0.25) is 0 Å².